The molecule has 0 unspecified atom stereocenters. The maximum atomic E-state index is 12.7. The van der Waals surface area contributed by atoms with E-state index in [9.17, 15) is 13.2 Å². The Kier molecular flexibility index (Phi) is 5.33. The largest absolute Gasteiger partial charge is 0.322 e. The van der Waals surface area contributed by atoms with E-state index in [1.807, 2.05) is 18.2 Å². The number of hydrogen-bond donors (Lipinski definition) is 2. The fourth-order valence-electron chi connectivity index (χ4n) is 2.58. The minimum Gasteiger partial charge on any atom is -0.322 e. The lowest BCUT2D eigenvalue weighted by atomic mass is 10.1. The van der Waals surface area contributed by atoms with Gasteiger partial charge in [-0.15, -0.1) is 0 Å². The topological polar surface area (TPSA) is 106 Å². The number of aromatic nitrogens is 3. The maximum absolute atomic E-state index is 12.7. The second-order valence-electron chi connectivity index (χ2n) is 5.93. The summed E-state index contributed by atoms with van der Waals surface area (Å²) >= 11 is 0. The Morgan fingerprint density at radius 1 is 1.19 bits per heavy atom. The molecule has 0 atom stereocenters. The van der Waals surface area contributed by atoms with Gasteiger partial charge in [0.05, 0.1) is 11.4 Å². The Morgan fingerprint density at radius 3 is 2.70 bits per heavy atom. The van der Waals surface area contributed by atoms with Gasteiger partial charge in [0.2, 0.25) is 10.0 Å². The van der Waals surface area contributed by atoms with E-state index in [2.05, 4.69) is 20.1 Å². The van der Waals surface area contributed by atoms with Gasteiger partial charge in [-0.05, 0) is 49.4 Å². The number of carbonyl (C=O) groups is 1. The lowest BCUT2D eigenvalue weighted by molar-refractivity contribution is 0.102. The van der Waals surface area contributed by atoms with Crippen molar-refractivity contribution in [3.8, 4) is 0 Å². The van der Waals surface area contributed by atoms with E-state index in [1.165, 1.54) is 25.5 Å². The molecule has 2 N–H and O–H groups in total. The van der Waals surface area contributed by atoms with Crippen molar-refractivity contribution < 1.29 is 13.2 Å². The lowest BCUT2D eigenvalue weighted by Gasteiger charge is -2.11. The number of hydrogen-bond acceptors (Lipinski definition) is 5. The van der Waals surface area contributed by atoms with Crippen LogP contribution < -0.4 is 10.0 Å². The third-order valence-corrected chi connectivity index (χ3v) is 5.44. The summed E-state index contributed by atoms with van der Waals surface area (Å²) in [5.74, 6) is -0.376. The third kappa shape index (κ3) is 4.39. The number of nitrogens with one attached hydrogen (secondary N) is 2. The van der Waals surface area contributed by atoms with Crippen LogP contribution in [0.15, 0.2) is 60.0 Å². The van der Waals surface area contributed by atoms with E-state index in [0.717, 1.165) is 5.56 Å². The van der Waals surface area contributed by atoms with Gasteiger partial charge in [0.25, 0.3) is 5.91 Å². The summed E-state index contributed by atoms with van der Waals surface area (Å²) < 4.78 is 27.9. The summed E-state index contributed by atoms with van der Waals surface area (Å²) in [5, 5.41) is 6.87. The maximum Gasteiger partial charge on any atom is 0.255 e. The van der Waals surface area contributed by atoms with Crippen molar-refractivity contribution in [1.29, 1.82) is 0 Å². The van der Waals surface area contributed by atoms with E-state index in [-0.39, 0.29) is 10.8 Å². The molecule has 9 heteroatoms. The zero-order valence-electron chi connectivity index (χ0n) is 14.9. The van der Waals surface area contributed by atoms with Crippen LogP contribution >= 0.6 is 0 Å². The quantitative estimate of drug-likeness (QED) is 0.673. The molecule has 1 heterocycles. The van der Waals surface area contributed by atoms with Gasteiger partial charge in [0.15, 0.2) is 0 Å². The first-order valence-corrected chi connectivity index (χ1v) is 9.64. The molecule has 1 amide bonds. The van der Waals surface area contributed by atoms with Gasteiger partial charge in [-0.25, -0.2) is 22.8 Å². The molecular weight excluding hydrogens is 366 g/mol. The Balaban J connectivity index is 1.82. The molecule has 140 valence electrons. The first-order valence-electron chi connectivity index (χ1n) is 8.16. The molecule has 0 spiro atoms. The lowest BCUT2D eigenvalue weighted by Crippen LogP contribution is -2.20. The summed E-state index contributed by atoms with van der Waals surface area (Å²) in [6.07, 6.45) is 3.07. The molecule has 3 aromatic rings. The highest BCUT2D eigenvalue weighted by Gasteiger charge is 2.16. The molecule has 8 nitrogen and oxygen atoms in total. The molecule has 3 rings (SSSR count). The average molecular weight is 385 g/mol. The minimum absolute atomic E-state index is 0.0423. The highest BCUT2D eigenvalue weighted by Crippen LogP contribution is 2.18. The predicted octanol–water partition coefficient (Wildman–Crippen LogP) is 1.80. The van der Waals surface area contributed by atoms with Crippen LogP contribution in [-0.4, -0.2) is 36.1 Å². The van der Waals surface area contributed by atoms with Gasteiger partial charge in [-0.3, -0.25) is 4.79 Å². The summed E-state index contributed by atoms with van der Waals surface area (Å²) in [5.41, 5.74) is 2.54. The molecule has 0 fully saturated rings. The van der Waals surface area contributed by atoms with Gasteiger partial charge in [0, 0.05) is 11.3 Å². The second kappa shape index (κ2) is 7.68. The number of benzene rings is 2. The summed E-state index contributed by atoms with van der Waals surface area (Å²) in [7, 11) is -2.30. The molecule has 0 radical (unpaired) electrons. The first kappa shape index (κ1) is 18.7. The Morgan fingerprint density at radius 2 is 2.00 bits per heavy atom. The zero-order valence-corrected chi connectivity index (χ0v) is 15.7. The van der Waals surface area contributed by atoms with Crippen LogP contribution in [0, 0.1) is 6.92 Å². The number of sulfonamides is 1. The summed E-state index contributed by atoms with van der Waals surface area (Å²) in [6.45, 7) is 2.28. The number of amides is 1. The van der Waals surface area contributed by atoms with E-state index >= 15 is 0 Å². The molecular formula is C18H19N5O3S. The highest BCUT2D eigenvalue weighted by molar-refractivity contribution is 7.89. The Bertz CT molecular complexity index is 1060. The van der Waals surface area contributed by atoms with Crippen molar-refractivity contribution in [2.75, 3.05) is 12.4 Å². The van der Waals surface area contributed by atoms with Crippen molar-refractivity contribution in [1.82, 2.24) is 19.5 Å². The normalized spacial score (nSPS) is 11.3. The third-order valence-electron chi connectivity index (χ3n) is 4.03. The van der Waals surface area contributed by atoms with E-state index in [0.29, 0.717) is 23.4 Å². The number of carbonyl (C=O) groups excluding carboxylic acids is 1. The molecule has 0 aliphatic rings. The van der Waals surface area contributed by atoms with E-state index in [4.69, 9.17) is 0 Å². The molecule has 0 aliphatic carbocycles. The van der Waals surface area contributed by atoms with Crippen molar-refractivity contribution in [2.24, 2.45) is 0 Å². The summed E-state index contributed by atoms with van der Waals surface area (Å²) in [6, 6.07) is 11.8. The number of aryl methyl sites for hydroxylation is 1. The fourth-order valence-corrected chi connectivity index (χ4v) is 3.33. The van der Waals surface area contributed by atoms with Crippen molar-refractivity contribution in [2.45, 2.75) is 18.4 Å². The number of anilines is 1. The monoisotopic (exact) mass is 385 g/mol. The average Bonchev–Trinajstić information content (AvgIpc) is 3.15. The van der Waals surface area contributed by atoms with Gasteiger partial charge >= 0.3 is 0 Å². The molecule has 27 heavy (non-hydrogen) atoms. The van der Waals surface area contributed by atoms with E-state index in [1.54, 1.807) is 30.1 Å². The molecule has 0 saturated heterocycles. The molecule has 1 aromatic heterocycles. The molecule has 0 bridgehead atoms. The van der Waals surface area contributed by atoms with Crippen LogP contribution in [0.5, 0.6) is 0 Å². The molecule has 0 saturated carbocycles. The van der Waals surface area contributed by atoms with Crippen molar-refractivity contribution >= 4 is 21.6 Å². The van der Waals surface area contributed by atoms with Gasteiger partial charge < -0.3 is 5.32 Å². The summed E-state index contributed by atoms with van der Waals surface area (Å²) in [4.78, 5) is 16.6. The van der Waals surface area contributed by atoms with Crippen LogP contribution in [0.25, 0.3) is 0 Å². The fraction of sp³-hybridized carbons (Fsp3) is 0.167. The number of rotatable bonds is 6. The highest BCUT2D eigenvalue weighted by atomic mass is 32.2. The number of nitrogens with zero attached hydrogens (tertiary/aromatic N) is 3. The zero-order chi connectivity index (χ0) is 19.4. The van der Waals surface area contributed by atoms with Crippen molar-refractivity contribution in [3.05, 3.63) is 71.8 Å². The smallest absolute Gasteiger partial charge is 0.255 e. The Hall–Kier alpha value is -3.04. The Labute approximate surface area is 157 Å². The minimum atomic E-state index is -3.63. The van der Waals surface area contributed by atoms with Crippen LogP contribution in [0.4, 0.5) is 5.69 Å². The predicted molar refractivity (Wildman–Crippen MR) is 101 cm³/mol. The molecule has 0 aliphatic heterocycles. The van der Waals surface area contributed by atoms with Crippen LogP contribution in [0.2, 0.25) is 0 Å². The first-order chi connectivity index (χ1) is 12.9. The van der Waals surface area contributed by atoms with Crippen LogP contribution in [0.1, 0.15) is 21.5 Å². The second-order valence-corrected chi connectivity index (χ2v) is 7.82. The van der Waals surface area contributed by atoms with Gasteiger partial charge in [-0.2, -0.15) is 5.10 Å². The van der Waals surface area contributed by atoms with Crippen LogP contribution in [0.3, 0.4) is 0 Å². The molecule has 2 aromatic carbocycles. The van der Waals surface area contributed by atoms with Gasteiger partial charge in [-0.1, -0.05) is 18.2 Å². The van der Waals surface area contributed by atoms with Gasteiger partial charge in [0.1, 0.15) is 12.7 Å². The SMILES string of the molecule is CNS(=O)(=O)c1ccc(C)c(C(=O)Nc2cccc(Cn3cncn3)c2)c1. The van der Waals surface area contributed by atoms with E-state index < -0.39 is 10.0 Å². The standard InChI is InChI=1S/C18H19N5O3S/c1-13-6-7-16(27(25,26)19-2)9-17(13)18(24)22-15-5-3-4-14(8-15)10-23-12-20-11-21-23/h3-9,11-12,19H,10H2,1-2H3,(H,22,24). The van der Waals surface area contributed by atoms with Crippen molar-refractivity contribution in [3.63, 3.8) is 0 Å². The van der Waals surface area contributed by atoms with Crippen LogP contribution in [-0.2, 0) is 16.6 Å².